The molecule has 8 nitrogen and oxygen atoms in total. The first-order valence-corrected chi connectivity index (χ1v) is 24.4. The summed E-state index contributed by atoms with van der Waals surface area (Å²) in [6.07, 6.45) is 52.0. The molecule has 0 radical (unpaired) electrons. The van der Waals surface area contributed by atoms with E-state index in [0.717, 1.165) is 45.6 Å². The summed E-state index contributed by atoms with van der Waals surface area (Å²) < 4.78 is 0. The summed E-state index contributed by atoms with van der Waals surface area (Å²) in [5, 5.41) is 10.5. The maximum Gasteiger partial charge on any atom is 0.185 e. The molecule has 0 atom stereocenters. The Balaban J connectivity index is 4.32. The molecule has 0 fully saturated rings. The summed E-state index contributed by atoms with van der Waals surface area (Å²) in [6, 6.07) is 0. The van der Waals surface area contributed by atoms with Crippen molar-refractivity contribution >= 4 is 11.9 Å². The summed E-state index contributed by atoms with van der Waals surface area (Å²) in [5.74, 6) is 0.275. The van der Waals surface area contributed by atoms with Crippen LogP contribution in [0.1, 0.15) is 219 Å². The van der Waals surface area contributed by atoms with Crippen LogP contribution >= 0.6 is 0 Å². The molecule has 8 heteroatoms. The first-order valence-electron chi connectivity index (χ1n) is 24.4. The van der Waals surface area contributed by atoms with Gasteiger partial charge in [0.15, 0.2) is 11.9 Å². The Morgan fingerprint density at radius 2 is 0.732 bits per heavy atom. The van der Waals surface area contributed by atoms with Gasteiger partial charge in [0.1, 0.15) is 0 Å². The summed E-state index contributed by atoms with van der Waals surface area (Å²) in [5.41, 5.74) is 16.7. The average molecular weight is 787 g/mol. The molecule has 0 aliphatic heterocycles. The van der Waals surface area contributed by atoms with Crippen molar-refractivity contribution in [3.05, 3.63) is 24.3 Å². The number of hydrogen-bond donors (Lipinski definition) is 5. The van der Waals surface area contributed by atoms with Gasteiger partial charge in [-0.1, -0.05) is 154 Å². The van der Waals surface area contributed by atoms with Crippen molar-refractivity contribution in [1.82, 2.24) is 15.1 Å². The topological polar surface area (TPSA) is 133 Å². The smallest absolute Gasteiger partial charge is 0.185 e. The third-order valence-corrected chi connectivity index (χ3v) is 11.1. The highest BCUT2D eigenvalue weighted by molar-refractivity contribution is 5.75. The van der Waals surface area contributed by atoms with E-state index in [4.69, 9.17) is 22.6 Å². The van der Waals surface area contributed by atoms with Crippen LogP contribution in [0.4, 0.5) is 0 Å². The highest BCUT2D eigenvalue weighted by atomic mass is 15.1. The van der Waals surface area contributed by atoms with Crippen molar-refractivity contribution in [1.29, 1.82) is 5.41 Å². The number of nitrogens with zero attached hydrogens (tertiary/aromatic N) is 3. The second kappa shape index (κ2) is 45.6. The van der Waals surface area contributed by atoms with Crippen LogP contribution in [-0.4, -0.2) is 74.1 Å². The lowest BCUT2D eigenvalue weighted by Gasteiger charge is -2.25. The molecule has 0 heterocycles. The first kappa shape index (κ1) is 53.9. The van der Waals surface area contributed by atoms with E-state index in [-0.39, 0.29) is 11.9 Å². The fourth-order valence-electron chi connectivity index (χ4n) is 7.54. The van der Waals surface area contributed by atoms with Crippen molar-refractivity contribution in [2.24, 2.45) is 22.2 Å². The molecule has 0 saturated heterocycles. The molecule has 0 aromatic heterocycles. The van der Waals surface area contributed by atoms with Gasteiger partial charge in [-0.05, 0) is 129 Å². The van der Waals surface area contributed by atoms with E-state index in [1.165, 1.54) is 206 Å². The second-order valence-electron chi connectivity index (χ2n) is 16.6. The Hall–Kier alpha value is -2.06. The number of hydrogen-bond acceptors (Lipinski definition) is 4. The molecule has 0 aliphatic rings. The largest absolute Gasteiger partial charge is 0.370 e. The molecule has 56 heavy (non-hydrogen) atoms. The van der Waals surface area contributed by atoms with Crippen molar-refractivity contribution in [3.63, 3.8) is 0 Å². The fourth-order valence-corrected chi connectivity index (χ4v) is 7.54. The van der Waals surface area contributed by atoms with Gasteiger partial charge in [-0.25, -0.2) is 0 Å². The van der Waals surface area contributed by atoms with E-state index >= 15 is 0 Å². The number of unbranched alkanes of at least 4 members (excludes halogenated alkanes) is 25. The van der Waals surface area contributed by atoms with E-state index in [9.17, 15) is 0 Å². The Morgan fingerprint density at radius 1 is 0.429 bits per heavy atom. The average Bonchev–Trinajstić information content (AvgIpc) is 3.18. The third kappa shape index (κ3) is 44.7. The molecule has 8 N–H and O–H groups in total. The van der Waals surface area contributed by atoms with Crippen LogP contribution in [-0.2, 0) is 0 Å². The molecule has 330 valence electrons. The predicted octanol–water partition coefficient (Wildman–Crippen LogP) is 12.0. The Bertz CT molecular complexity index is 884. The molecule has 0 saturated carbocycles. The monoisotopic (exact) mass is 787 g/mol. The fraction of sp³-hybridized carbons (Fsp3) is 0.875. The SMILES string of the molecule is CCCCCCCC/C=C\CCCCCCCCN(CCCCN(CCCCCCCC/C=C\CCCCCCCC)CCCNC(=N)N)CCCN=C(N)N. The van der Waals surface area contributed by atoms with Gasteiger partial charge in [0, 0.05) is 13.1 Å². The zero-order chi connectivity index (χ0) is 40.8. The Kier molecular flexibility index (Phi) is 44.0. The van der Waals surface area contributed by atoms with Crippen molar-refractivity contribution in [2.45, 2.75) is 219 Å². The van der Waals surface area contributed by atoms with Crippen LogP contribution < -0.4 is 22.5 Å². The molecular weight excluding hydrogens is 689 g/mol. The lowest BCUT2D eigenvalue weighted by molar-refractivity contribution is 0.233. The van der Waals surface area contributed by atoms with Gasteiger partial charge in [0.2, 0.25) is 0 Å². The number of rotatable bonds is 45. The number of guanidine groups is 2. The van der Waals surface area contributed by atoms with Crippen LogP contribution in [0.25, 0.3) is 0 Å². The van der Waals surface area contributed by atoms with Crippen molar-refractivity contribution in [2.75, 3.05) is 52.4 Å². The number of nitrogens with one attached hydrogen (secondary N) is 2. The van der Waals surface area contributed by atoms with Gasteiger partial charge in [-0.15, -0.1) is 0 Å². The summed E-state index contributed by atoms with van der Waals surface area (Å²) in [4.78, 5) is 9.54. The zero-order valence-electron chi connectivity index (χ0n) is 37.7. The van der Waals surface area contributed by atoms with E-state index in [2.05, 4.69) is 58.3 Å². The quantitative estimate of drug-likeness (QED) is 0.0181. The minimum absolute atomic E-state index is 0.0755. The van der Waals surface area contributed by atoms with Gasteiger partial charge in [0.05, 0.1) is 0 Å². The highest BCUT2D eigenvalue weighted by Gasteiger charge is 2.08. The van der Waals surface area contributed by atoms with Crippen LogP contribution in [0.2, 0.25) is 0 Å². The standard InChI is InChI=1S/C48H98N8/c1-3-5-7-9-11-13-15-17-19-21-23-25-27-29-31-33-41-55(45-37-39-53-47(49)50)43-35-36-44-56(46-38-40-54-48(51)52)42-34-32-30-28-26-24-22-20-18-16-14-12-10-8-6-4-2/h17-20H,3-16,21-46H2,1-2H3,(H4,49,50,53)(H4,51,52,54)/b19-17-,20-18-. The highest BCUT2D eigenvalue weighted by Crippen LogP contribution is 2.13. The molecule has 0 aromatic rings. The lowest BCUT2D eigenvalue weighted by atomic mass is 10.1. The summed E-state index contributed by atoms with van der Waals surface area (Å²) in [7, 11) is 0. The molecule has 0 amide bonds. The third-order valence-electron chi connectivity index (χ3n) is 11.1. The van der Waals surface area contributed by atoms with Crippen molar-refractivity contribution < 1.29 is 0 Å². The first-order chi connectivity index (χ1) is 27.5. The van der Waals surface area contributed by atoms with E-state index in [1.807, 2.05) is 0 Å². The van der Waals surface area contributed by atoms with Crippen LogP contribution in [0.3, 0.4) is 0 Å². The molecule has 0 bridgehead atoms. The van der Waals surface area contributed by atoms with Crippen LogP contribution in [0.5, 0.6) is 0 Å². The minimum Gasteiger partial charge on any atom is -0.370 e. The molecule has 0 spiro atoms. The van der Waals surface area contributed by atoms with Crippen LogP contribution in [0.15, 0.2) is 29.3 Å². The van der Waals surface area contributed by atoms with E-state index in [0.29, 0.717) is 6.54 Å². The second-order valence-corrected chi connectivity index (χ2v) is 16.6. The van der Waals surface area contributed by atoms with E-state index < -0.39 is 0 Å². The zero-order valence-corrected chi connectivity index (χ0v) is 37.7. The van der Waals surface area contributed by atoms with Gasteiger partial charge >= 0.3 is 0 Å². The maximum atomic E-state index is 7.49. The number of allylic oxidation sites excluding steroid dienone is 4. The molecule has 0 aliphatic carbocycles. The van der Waals surface area contributed by atoms with Gasteiger partial charge in [-0.2, -0.15) is 0 Å². The maximum absolute atomic E-state index is 7.49. The number of aliphatic imine (C=N–C) groups is 1. The Morgan fingerprint density at radius 3 is 1.09 bits per heavy atom. The van der Waals surface area contributed by atoms with Crippen molar-refractivity contribution in [3.8, 4) is 0 Å². The van der Waals surface area contributed by atoms with Gasteiger partial charge in [-0.3, -0.25) is 10.4 Å². The summed E-state index contributed by atoms with van der Waals surface area (Å²) in [6.45, 7) is 12.9. The van der Waals surface area contributed by atoms with E-state index in [1.54, 1.807) is 0 Å². The van der Waals surface area contributed by atoms with Gasteiger partial charge < -0.3 is 32.3 Å². The minimum atomic E-state index is 0.0755. The molecule has 0 rings (SSSR count). The van der Waals surface area contributed by atoms with Gasteiger partial charge in [0.25, 0.3) is 0 Å². The predicted molar refractivity (Wildman–Crippen MR) is 251 cm³/mol. The lowest BCUT2D eigenvalue weighted by Crippen LogP contribution is -2.34. The molecule has 0 aromatic carbocycles. The summed E-state index contributed by atoms with van der Waals surface area (Å²) >= 11 is 0. The van der Waals surface area contributed by atoms with Crippen LogP contribution in [0, 0.1) is 5.41 Å². The molecule has 0 unspecified atom stereocenters. The Labute approximate surface area is 349 Å². The molecular formula is C48H98N8. The normalized spacial score (nSPS) is 11.9. The number of nitrogens with two attached hydrogens (primary N) is 3.